The molecule has 3 heteroatoms. The van der Waals surface area contributed by atoms with Crippen molar-refractivity contribution in [2.45, 2.75) is 70.8 Å². The first-order valence-corrected chi connectivity index (χ1v) is 11.4. The van der Waals surface area contributed by atoms with E-state index in [9.17, 15) is 0 Å². The number of methoxy groups -OCH3 is 1. The number of nitrogens with zero attached hydrogens (tertiary/aromatic N) is 1. The van der Waals surface area contributed by atoms with Gasteiger partial charge in [0.15, 0.2) is 0 Å². The zero-order chi connectivity index (χ0) is 20.5. The van der Waals surface area contributed by atoms with Gasteiger partial charge in [-0.05, 0) is 60.8 Å². The molecule has 2 aromatic carbocycles. The second-order valence-corrected chi connectivity index (χ2v) is 8.51. The number of hydrogen-bond acceptors (Lipinski definition) is 3. The number of hydrazine groups is 1. The van der Waals surface area contributed by atoms with Crippen LogP contribution in [-0.2, 0) is 12.8 Å². The highest BCUT2D eigenvalue weighted by molar-refractivity contribution is 5.38. The molecular weight excluding hydrogens is 356 g/mol. The van der Waals surface area contributed by atoms with Crippen molar-refractivity contribution in [3.05, 3.63) is 65.2 Å². The molecule has 0 unspecified atom stereocenters. The van der Waals surface area contributed by atoms with Crippen LogP contribution in [0, 0.1) is 5.92 Å². The van der Waals surface area contributed by atoms with Gasteiger partial charge in [0, 0.05) is 6.54 Å². The van der Waals surface area contributed by atoms with E-state index in [1.165, 1.54) is 55.2 Å². The highest BCUT2D eigenvalue weighted by Crippen LogP contribution is 2.38. The lowest BCUT2D eigenvalue weighted by Gasteiger charge is -2.39. The van der Waals surface area contributed by atoms with Gasteiger partial charge < -0.3 is 4.74 Å². The molecule has 29 heavy (non-hydrogen) atoms. The van der Waals surface area contributed by atoms with Crippen molar-refractivity contribution in [3.8, 4) is 5.75 Å². The molecule has 0 aliphatic carbocycles. The van der Waals surface area contributed by atoms with Gasteiger partial charge in [0.2, 0.25) is 0 Å². The van der Waals surface area contributed by atoms with Gasteiger partial charge in [-0.2, -0.15) is 0 Å². The summed E-state index contributed by atoms with van der Waals surface area (Å²) in [5.41, 5.74) is 4.10. The van der Waals surface area contributed by atoms with Crippen LogP contribution in [-0.4, -0.2) is 18.7 Å². The molecular formula is C26H38N2O. The topological polar surface area (TPSA) is 38.5 Å². The Morgan fingerprint density at radius 2 is 1.83 bits per heavy atom. The maximum Gasteiger partial charge on any atom is 0.122 e. The Bertz CT molecular complexity index is 731. The second kappa shape index (κ2) is 11.4. The number of aryl methyl sites for hydroxylation is 1. The maximum absolute atomic E-state index is 6.46. The van der Waals surface area contributed by atoms with Gasteiger partial charge in [0.05, 0.1) is 13.2 Å². The molecule has 0 radical (unpaired) electrons. The molecule has 1 aliphatic rings. The summed E-state index contributed by atoms with van der Waals surface area (Å²) in [5, 5.41) is 2.05. The number of benzene rings is 2. The lowest BCUT2D eigenvalue weighted by atomic mass is 9.81. The molecule has 1 heterocycles. The Hall–Kier alpha value is -1.84. The molecule has 2 aromatic rings. The molecule has 0 spiro atoms. The maximum atomic E-state index is 6.46. The average Bonchev–Trinajstić information content (AvgIpc) is 2.74. The molecule has 1 fully saturated rings. The molecule has 3 nitrogen and oxygen atoms in total. The molecule has 0 amide bonds. The van der Waals surface area contributed by atoms with E-state index in [2.05, 4.69) is 55.5 Å². The lowest BCUT2D eigenvalue weighted by Crippen LogP contribution is -2.44. The summed E-state index contributed by atoms with van der Waals surface area (Å²) >= 11 is 0. The van der Waals surface area contributed by atoms with E-state index >= 15 is 0 Å². The molecule has 0 saturated carbocycles. The predicted molar refractivity (Wildman–Crippen MR) is 122 cm³/mol. The quantitative estimate of drug-likeness (QED) is 0.392. The fourth-order valence-corrected chi connectivity index (χ4v) is 4.79. The Morgan fingerprint density at radius 3 is 2.59 bits per heavy atom. The monoisotopic (exact) mass is 394 g/mol. The fraction of sp³-hybridized carbons (Fsp3) is 0.538. The smallest absolute Gasteiger partial charge is 0.122 e. The van der Waals surface area contributed by atoms with E-state index in [0.717, 1.165) is 31.6 Å². The molecule has 1 aliphatic heterocycles. The van der Waals surface area contributed by atoms with Crippen molar-refractivity contribution in [2.75, 3.05) is 13.7 Å². The van der Waals surface area contributed by atoms with Gasteiger partial charge in [-0.1, -0.05) is 75.1 Å². The molecule has 3 rings (SSSR count). The summed E-state index contributed by atoms with van der Waals surface area (Å²) in [6.07, 6.45) is 11.2. The van der Waals surface area contributed by atoms with Crippen LogP contribution in [0.25, 0.3) is 0 Å². The SMILES string of the molecule is CCCCCCCc1ccc(OC)c(C[C@@H]2CCCN(N)[C@@H]2c2ccccc2)c1. The number of rotatable bonds is 10. The third-order valence-electron chi connectivity index (χ3n) is 6.33. The van der Waals surface area contributed by atoms with Crippen molar-refractivity contribution in [1.82, 2.24) is 5.01 Å². The number of unbranched alkanes of at least 4 members (excludes halogenated alkanes) is 4. The van der Waals surface area contributed by atoms with Crippen LogP contribution >= 0.6 is 0 Å². The van der Waals surface area contributed by atoms with E-state index in [-0.39, 0.29) is 6.04 Å². The minimum absolute atomic E-state index is 0.271. The van der Waals surface area contributed by atoms with Crippen LogP contribution in [0.3, 0.4) is 0 Å². The van der Waals surface area contributed by atoms with Crippen molar-refractivity contribution >= 4 is 0 Å². The number of hydrogen-bond donors (Lipinski definition) is 1. The Labute approximate surface area is 177 Å². The standard InChI is InChI=1S/C26H38N2O/c1-3-4-5-6-8-12-21-16-17-25(29-2)24(19-21)20-23-15-11-18-28(27)26(23)22-13-9-7-10-14-22/h7,9-10,13-14,16-17,19,23,26H,3-6,8,11-12,15,18,20,27H2,1-2H3/t23-,26+/m0/s1. The zero-order valence-electron chi connectivity index (χ0n) is 18.3. The summed E-state index contributed by atoms with van der Waals surface area (Å²) in [5.74, 6) is 7.98. The van der Waals surface area contributed by atoms with E-state index in [0.29, 0.717) is 5.92 Å². The highest BCUT2D eigenvalue weighted by Gasteiger charge is 2.31. The average molecular weight is 395 g/mol. The van der Waals surface area contributed by atoms with Crippen LogP contribution in [0.2, 0.25) is 0 Å². The molecule has 0 bridgehead atoms. The first-order chi connectivity index (χ1) is 14.2. The van der Waals surface area contributed by atoms with Crippen LogP contribution in [0.1, 0.15) is 74.6 Å². The summed E-state index contributed by atoms with van der Waals surface area (Å²) in [6.45, 7) is 3.23. The summed E-state index contributed by atoms with van der Waals surface area (Å²) < 4.78 is 5.72. The molecule has 2 atom stereocenters. The highest BCUT2D eigenvalue weighted by atomic mass is 16.5. The van der Waals surface area contributed by atoms with Crippen molar-refractivity contribution < 1.29 is 4.74 Å². The minimum atomic E-state index is 0.271. The third kappa shape index (κ3) is 6.07. The van der Waals surface area contributed by atoms with E-state index in [1.54, 1.807) is 7.11 Å². The van der Waals surface area contributed by atoms with Crippen LogP contribution < -0.4 is 10.6 Å². The number of piperidine rings is 1. The second-order valence-electron chi connectivity index (χ2n) is 8.51. The van der Waals surface area contributed by atoms with E-state index in [1.807, 2.05) is 5.01 Å². The van der Waals surface area contributed by atoms with Crippen LogP contribution in [0.15, 0.2) is 48.5 Å². The Kier molecular flexibility index (Phi) is 8.57. The van der Waals surface area contributed by atoms with Crippen molar-refractivity contribution in [2.24, 2.45) is 11.8 Å². The lowest BCUT2D eigenvalue weighted by molar-refractivity contribution is 0.0923. The largest absolute Gasteiger partial charge is 0.496 e. The minimum Gasteiger partial charge on any atom is -0.496 e. The summed E-state index contributed by atoms with van der Waals surface area (Å²) in [6, 6.07) is 17.8. The third-order valence-corrected chi connectivity index (χ3v) is 6.33. The molecule has 158 valence electrons. The Morgan fingerprint density at radius 1 is 1.03 bits per heavy atom. The molecule has 2 N–H and O–H groups in total. The van der Waals surface area contributed by atoms with Gasteiger partial charge in [0.1, 0.15) is 5.75 Å². The zero-order valence-corrected chi connectivity index (χ0v) is 18.3. The van der Waals surface area contributed by atoms with Crippen molar-refractivity contribution in [1.29, 1.82) is 0 Å². The fourth-order valence-electron chi connectivity index (χ4n) is 4.79. The van der Waals surface area contributed by atoms with Gasteiger partial charge in [-0.25, -0.2) is 5.01 Å². The van der Waals surface area contributed by atoms with Gasteiger partial charge in [-0.15, -0.1) is 0 Å². The van der Waals surface area contributed by atoms with Crippen LogP contribution in [0.4, 0.5) is 0 Å². The normalized spacial score (nSPS) is 20.0. The van der Waals surface area contributed by atoms with Gasteiger partial charge in [0.25, 0.3) is 0 Å². The van der Waals surface area contributed by atoms with Gasteiger partial charge >= 0.3 is 0 Å². The molecule has 1 saturated heterocycles. The Balaban J connectivity index is 1.73. The van der Waals surface area contributed by atoms with E-state index < -0.39 is 0 Å². The summed E-state index contributed by atoms with van der Waals surface area (Å²) in [4.78, 5) is 0. The first kappa shape index (κ1) is 21.9. The van der Waals surface area contributed by atoms with E-state index in [4.69, 9.17) is 10.6 Å². The van der Waals surface area contributed by atoms with Gasteiger partial charge in [-0.3, -0.25) is 5.84 Å². The number of ether oxygens (including phenoxy) is 1. The van der Waals surface area contributed by atoms with Crippen molar-refractivity contribution in [3.63, 3.8) is 0 Å². The first-order valence-electron chi connectivity index (χ1n) is 11.4. The summed E-state index contributed by atoms with van der Waals surface area (Å²) in [7, 11) is 1.79. The number of nitrogens with two attached hydrogens (primary N) is 1. The van der Waals surface area contributed by atoms with Crippen LogP contribution in [0.5, 0.6) is 5.75 Å². The predicted octanol–water partition coefficient (Wildman–Crippen LogP) is 6.08. The molecule has 0 aromatic heterocycles.